The molecule has 0 fully saturated rings. The van der Waals surface area contributed by atoms with Crippen molar-refractivity contribution >= 4 is 11.9 Å². The Kier molecular flexibility index (Phi) is 3.65. The van der Waals surface area contributed by atoms with E-state index in [1.165, 1.54) is 20.2 Å². The van der Waals surface area contributed by atoms with Crippen LogP contribution in [0.1, 0.15) is 26.0 Å². The third-order valence-corrected chi connectivity index (χ3v) is 2.21. The van der Waals surface area contributed by atoms with Crippen molar-refractivity contribution in [3.8, 4) is 0 Å². The first-order valence-corrected chi connectivity index (χ1v) is 4.89. The minimum absolute atomic E-state index is 0.0452. The van der Waals surface area contributed by atoms with Gasteiger partial charge in [-0.2, -0.15) is 0 Å². The van der Waals surface area contributed by atoms with E-state index in [1.54, 1.807) is 6.20 Å². The Morgan fingerprint density at radius 3 is 2.75 bits per heavy atom. The van der Waals surface area contributed by atoms with E-state index in [2.05, 4.69) is 15.3 Å². The van der Waals surface area contributed by atoms with Gasteiger partial charge in [0.15, 0.2) is 0 Å². The first-order valence-electron chi connectivity index (χ1n) is 4.89. The lowest BCUT2D eigenvalue weighted by Crippen LogP contribution is -2.33. The van der Waals surface area contributed by atoms with Crippen LogP contribution in [0.5, 0.6) is 0 Å². The summed E-state index contributed by atoms with van der Waals surface area (Å²) >= 11 is 0. The molecule has 0 unspecified atom stereocenters. The monoisotopic (exact) mass is 225 g/mol. The molecule has 1 heterocycles. The summed E-state index contributed by atoms with van der Waals surface area (Å²) in [6.45, 7) is 3.37. The number of carbonyl (C=O) groups excluding carboxylic acids is 1. The van der Waals surface area contributed by atoms with Crippen LogP contribution in [0.3, 0.4) is 0 Å². The fraction of sp³-hybridized carbons (Fsp3) is 0.500. The van der Waals surface area contributed by atoms with Crippen LogP contribution >= 0.6 is 0 Å². The Labute approximate surface area is 93.1 Å². The second-order valence-electron chi connectivity index (χ2n) is 4.22. The van der Waals surface area contributed by atoms with Gasteiger partial charge in [0, 0.05) is 12.6 Å². The van der Waals surface area contributed by atoms with Crippen molar-refractivity contribution in [2.45, 2.75) is 26.8 Å². The molecular formula is C10H15N3O3. The topological polar surface area (TPSA) is 95.1 Å². The van der Waals surface area contributed by atoms with E-state index in [1.807, 2.05) is 0 Å². The molecule has 0 bridgehead atoms. The number of nitrogens with one attached hydrogen (secondary N) is 2. The molecule has 1 aromatic heterocycles. The van der Waals surface area contributed by atoms with E-state index in [-0.39, 0.29) is 12.3 Å². The van der Waals surface area contributed by atoms with Crippen molar-refractivity contribution in [3.05, 3.63) is 18.2 Å². The average Bonchev–Trinajstić information content (AvgIpc) is 2.66. The van der Waals surface area contributed by atoms with Crippen LogP contribution in [0, 0.1) is 5.41 Å². The minimum Gasteiger partial charge on any atom is -0.481 e. The molecule has 0 radical (unpaired) electrons. The molecule has 1 rings (SSSR count). The number of imidazole rings is 1. The van der Waals surface area contributed by atoms with Crippen molar-refractivity contribution in [3.63, 3.8) is 0 Å². The first-order chi connectivity index (χ1) is 7.42. The highest BCUT2D eigenvalue weighted by molar-refractivity contribution is 5.84. The number of hydrogen-bond donors (Lipinski definition) is 3. The van der Waals surface area contributed by atoms with Gasteiger partial charge >= 0.3 is 5.97 Å². The van der Waals surface area contributed by atoms with Crippen LogP contribution in [0.2, 0.25) is 0 Å². The summed E-state index contributed by atoms with van der Waals surface area (Å²) in [5, 5.41) is 11.5. The maximum Gasteiger partial charge on any atom is 0.309 e. The van der Waals surface area contributed by atoms with Gasteiger partial charge in [0.2, 0.25) is 5.91 Å². The second-order valence-corrected chi connectivity index (χ2v) is 4.22. The maximum atomic E-state index is 11.4. The summed E-state index contributed by atoms with van der Waals surface area (Å²) in [5.41, 5.74) is -0.264. The van der Waals surface area contributed by atoms with Crippen LogP contribution in [0.4, 0.5) is 0 Å². The normalized spacial score (nSPS) is 11.1. The number of carbonyl (C=O) groups is 2. The average molecular weight is 225 g/mol. The van der Waals surface area contributed by atoms with Crippen LogP contribution < -0.4 is 5.32 Å². The van der Waals surface area contributed by atoms with Crippen molar-refractivity contribution < 1.29 is 14.7 Å². The van der Waals surface area contributed by atoms with Gasteiger partial charge in [-0.3, -0.25) is 9.59 Å². The fourth-order valence-corrected chi connectivity index (χ4v) is 1.11. The number of amides is 1. The molecule has 88 valence electrons. The van der Waals surface area contributed by atoms with Crippen LogP contribution in [0.15, 0.2) is 12.5 Å². The Balaban J connectivity index is 2.39. The van der Waals surface area contributed by atoms with Gasteiger partial charge in [-0.1, -0.05) is 0 Å². The molecule has 0 atom stereocenters. The number of aromatic nitrogens is 2. The van der Waals surface area contributed by atoms with Gasteiger partial charge in [-0.15, -0.1) is 0 Å². The molecule has 0 aliphatic rings. The lowest BCUT2D eigenvalue weighted by molar-refractivity contribution is -0.149. The van der Waals surface area contributed by atoms with Crippen LogP contribution in [0.25, 0.3) is 0 Å². The van der Waals surface area contributed by atoms with Gasteiger partial charge < -0.3 is 15.4 Å². The molecule has 1 amide bonds. The molecule has 0 spiro atoms. The van der Waals surface area contributed by atoms with E-state index < -0.39 is 11.4 Å². The van der Waals surface area contributed by atoms with Crippen molar-refractivity contribution in [2.75, 3.05) is 0 Å². The molecular weight excluding hydrogens is 210 g/mol. The zero-order valence-corrected chi connectivity index (χ0v) is 9.28. The highest BCUT2D eigenvalue weighted by Gasteiger charge is 2.29. The quantitative estimate of drug-likeness (QED) is 0.681. The fourth-order valence-electron chi connectivity index (χ4n) is 1.11. The number of carboxylic acids is 1. The van der Waals surface area contributed by atoms with E-state index in [0.29, 0.717) is 6.54 Å². The summed E-state index contributed by atoms with van der Waals surface area (Å²) in [5.74, 6) is -1.27. The number of rotatable bonds is 5. The van der Waals surface area contributed by atoms with E-state index in [0.717, 1.165) is 5.69 Å². The van der Waals surface area contributed by atoms with E-state index in [9.17, 15) is 9.59 Å². The van der Waals surface area contributed by atoms with Gasteiger partial charge in [0.05, 0.1) is 24.0 Å². The predicted molar refractivity (Wildman–Crippen MR) is 56.5 cm³/mol. The maximum absolute atomic E-state index is 11.4. The van der Waals surface area contributed by atoms with Crippen LogP contribution in [-0.4, -0.2) is 27.0 Å². The zero-order chi connectivity index (χ0) is 12.2. The molecule has 0 saturated carbocycles. The standard InChI is InChI=1S/C10H15N3O3/c1-10(2,9(15)16)3-8(14)12-5-7-4-11-6-13-7/h4,6H,3,5H2,1-2H3,(H,11,13)(H,12,14)(H,15,16). The lowest BCUT2D eigenvalue weighted by Gasteiger charge is -2.17. The Bertz CT molecular complexity index is 371. The third kappa shape index (κ3) is 3.38. The SMILES string of the molecule is CC(C)(CC(=O)NCc1cnc[nH]1)C(=O)O. The van der Waals surface area contributed by atoms with Gasteiger partial charge in [-0.05, 0) is 13.8 Å². The van der Waals surface area contributed by atoms with Gasteiger partial charge in [-0.25, -0.2) is 4.98 Å². The van der Waals surface area contributed by atoms with Crippen molar-refractivity contribution in [1.82, 2.24) is 15.3 Å². The number of aromatic amines is 1. The van der Waals surface area contributed by atoms with Crippen LogP contribution in [-0.2, 0) is 16.1 Å². The molecule has 6 nitrogen and oxygen atoms in total. The molecule has 6 heteroatoms. The predicted octanol–water partition coefficient (Wildman–Crippen LogP) is 0.527. The van der Waals surface area contributed by atoms with Gasteiger partial charge in [0.25, 0.3) is 0 Å². The summed E-state index contributed by atoms with van der Waals surface area (Å²) in [6, 6.07) is 0. The van der Waals surface area contributed by atoms with E-state index in [4.69, 9.17) is 5.11 Å². The minimum atomic E-state index is -1.04. The highest BCUT2D eigenvalue weighted by Crippen LogP contribution is 2.19. The molecule has 0 saturated heterocycles. The van der Waals surface area contributed by atoms with Crippen molar-refractivity contribution in [1.29, 1.82) is 0 Å². The Hall–Kier alpha value is -1.85. The zero-order valence-electron chi connectivity index (χ0n) is 9.28. The molecule has 0 aliphatic carbocycles. The number of hydrogen-bond acceptors (Lipinski definition) is 3. The number of nitrogens with zero attached hydrogens (tertiary/aromatic N) is 1. The number of aliphatic carboxylic acids is 1. The first kappa shape index (κ1) is 12.2. The lowest BCUT2D eigenvalue weighted by atomic mass is 9.89. The Morgan fingerprint density at radius 2 is 2.25 bits per heavy atom. The smallest absolute Gasteiger partial charge is 0.309 e. The number of H-pyrrole nitrogens is 1. The van der Waals surface area contributed by atoms with E-state index >= 15 is 0 Å². The highest BCUT2D eigenvalue weighted by atomic mass is 16.4. The number of carboxylic acid groups (broad SMARTS) is 1. The molecule has 16 heavy (non-hydrogen) atoms. The Morgan fingerprint density at radius 1 is 1.56 bits per heavy atom. The largest absolute Gasteiger partial charge is 0.481 e. The summed E-state index contributed by atoms with van der Waals surface area (Å²) in [4.78, 5) is 28.9. The third-order valence-electron chi connectivity index (χ3n) is 2.21. The molecule has 0 aromatic carbocycles. The second kappa shape index (κ2) is 4.78. The summed E-state index contributed by atoms with van der Waals surface area (Å²) in [7, 11) is 0. The summed E-state index contributed by atoms with van der Waals surface area (Å²) in [6.07, 6.45) is 3.07. The summed E-state index contributed by atoms with van der Waals surface area (Å²) < 4.78 is 0. The molecule has 0 aliphatic heterocycles. The van der Waals surface area contributed by atoms with Gasteiger partial charge in [0.1, 0.15) is 0 Å². The van der Waals surface area contributed by atoms with Crippen molar-refractivity contribution in [2.24, 2.45) is 5.41 Å². The molecule has 1 aromatic rings. The molecule has 3 N–H and O–H groups in total.